The highest BCUT2D eigenvalue weighted by Crippen LogP contribution is 2.40. The zero-order valence-electron chi connectivity index (χ0n) is 17.6. The van der Waals surface area contributed by atoms with E-state index in [9.17, 15) is 0 Å². The van der Waals surface area contributed by atoms with E-state index >= 15 is 0 Å². The largest absolute Gasteiger partial charge is 0.493 e. The van der Waals surface area contributed by atoms with Gasteiger partial charge in [0, 0.05) is 29.6 Å². The predicted molar refractivity (Wildman–Crippen MR) is 115 cm³/mol. The van der Waals surface area contributed by atoms with E-state index in [2.05, 4.69) is 46.6 Å². The molecule has 0 bridgehead atoms. The zero-order chi connectivity index (χ0) is 21.0. The second-order valence-corrected chi connectivity index (χ2v) is 6.65. The van der Waals surface area contributed by atoms with Crippen LogP contribution in [-0.4, -0.2) is 31.3 Å². The first-order valence-corrected chi connectivity index (χ1v) is 9.20. The summed E-state index contributed by atoms with van der Waals surface area (Å²) in [7, 11) is 4.75. The third-order valence-corrected chi connectivity index (χ3v) is 4.55. The molecule has 0 amide bonds. The lowest BCUT2D eigenvalue weighted by Crippen LogP contribution is -2.03. The van der Waals surface area contributed by atoms with Crippen molar-refractivity contribution in [1.29, 1.82) is 0 Å². The Balaban J connectivity index is 1.89. The minimum Gasteiger partial charge on any atom is -0.493 e. The van der Waals surface area contributed by atoms with Crippen LogP contribution in [0.5, 0.6) is 17.2 Å². The van der Waals surface area contributed by atoms with Gasteiger partial charge in [0.05, 0.1) is 21.3 Å². The van der Waals surface area contributed by atoms with Crippen molar-refractivity contribution in [3.05, 3.63) is 53.3 Å². The summed E-state index contributed by atoms with van der Waals surface area (Å²) in [5.74, 6) is 3.67. The molecule has 29 heavy (non-hydrogen) atoms. The van der Waals surface area contributed by atoms with E-state index in [0.717, 1.165) is 11.4 Å². The van der Waals surface area contributed by atoms with Gasteiger partial charge in [0.2, 0.25) is 5.75 Å². The number of anilines is 4. The summed E-state index contributed by atoms with van der Waals surface area (Å²) in [5.41, 5.74) is 4.20. The smallest absolute Gasteiger partial charge is 0.203 e. The fourth-order valence-corrected chi connectivity index (χ4v) is 2.96. The first kappa shape index (κ1) is 20.3. The van der Waals surface area contributed by atoms with Gasteiger partial charge in [-0.3, -0.25) is 0 Å². The maximum Gasteiger partial charge on any atom is 0.203 e. The van der Waals surface area contributed by atoms with Gasteiger partial charge in [-0.25, -0.2) is 9.97 Å². The van der Waals surface area contributed by atoms with Gasteiger partial charge in [0.1, 0.15) is 17.5 Å². The Bertz CT molecular complexity index is 996. The van der Waals surface area contributed by atoms with Crippen LogP contribution in [0.25, 0.3) is 0 Å². The number of ether oxygens (including phenoxy) is 3. The monoisotopic (exact) mass is 394 g/mol. The standard InChI is InChI=1S/C22H26N4O3/c1-13-7-8-16(9-14(13)2)25-20-12-21(24-15(3)23-20)26-17-10-18(27-4)22(29-6)19(11-17)28-5/h7-12H,1-6H3,(H2,23,24,25,26). The summed E-state index contributed by atoms with van der Waals surface area (Å²) in [6.45, 7) is 6.03. The number of aromatic nitrogens is 2. The fourth-order valence-electron chi connectivity index (χ4n) is 2.96. The quantitative estimate of drug-likeness (QED) is 0.589. The lowest BCUT2D eigenvalue weighted by atomic mass is 10.1. The molecule has 3 aromatic rings. The molecule has 1 aromatic heterocycles. The molecule has 0 radical (unpaired) electrons. The Labute approximate surface area is 171 Å². The van der Waals surface area contributed by atoms with Crippen molar-refractivity contribution in [2.75, 3.05) is 32.0 Å². The SMILES string of the molecule is COc1cc(Nc2cc(Nc3ccc(C)c(C)c3)nc(C)n2)cc(OC)c1OC. The first-order valence-electron chi connectivity index (χ1n) is 9.20. The van der Waals surface area contributed by atoms with Crippen LogP contribution < -0.4 is 24.8 Å². The van der Waals surface area contributed by atoms with E-state index in [0.29, 0.717) is 34.7 Å². The van der Waals surface area contributed by atoms with Crippen LogP contribution >= 0.6 is 0 Å². The molecule has 7 heteroatoms. The van der Waals surface area contributed by atoms with Gasteiger partial charge in [-0.05, 0) is 44.0 Å². The van der Waals surface area contributed by atoms with E-state index in [1.165, 1.54) is 11.1 Å². The highest BCUT2D eigenvalue weighted by Gasteiger charge is 2.14. The van der Waals surface area contributed by atoms with Crippen LogP contribution in [-0.2, 0) is 0 Å². The van der Waals surface area contributed by atoms with Gasteiger partial charge in [0.25, 0.3) is 0 Å². The zero-order valence-corrected chi connectivity index (χ0v) is 17.6. The van der Waals surface area contributed by atoms with Crippen molar-refractivity contribution in [1.82, 2.24) is 9.97 Å². The minimum absolute atomic E-state index is 0.538. The summed E-state index contributed by atoms with van der Waals surface area (Å²) >= 11 is 0. The molecule has 0 saturated heterocycles. The molecule has 152 valence electrons. The number of hydrogen-bond acceptors (Lipinski definition) is 7. The van der Waals surface area contributed by atoms with Crippen LogP contribution in [0, 0.1) is 20.8 Å². The molecule has 0 unspecified atom stereocenters. The number of methoxy groups -OCH3 is 3. The summed E-state index contributed by atoms with van der Waals surface area (Å²) in [6, 6.07) is 11.7. The number of rotatable bonds is 7. The van der Waals surface area contributed by atoms with Crippen LogP contribution in [0.4, 0.5) is 23.0 Å². The van der Waals surface area contributed by atoms with Crippen LogP contribution in [0.15, 0.2) is 36.4 Å². The van der Waals surface area contributed by atoms with E-state index in [1.54, 1.807) is 21.3 Å². The summed E-state index contributed by atoms with van der Waals surface area (Å²) < 4.78 is 16.2. The maximum absolute atomic E-state index is 5.41. The normalized spacial score (nSPS) is 10.4. The lowest BCUT2D eigenvalue weighted by Gasteiger charge is -2.15. The van der Waals surface area contributed by atoms with Crippen LogP contribution in [0.3, 0.4) is 0 Å². The molecule has 0 spiro atoms. The molecule has 0 aliphatic rings. The van der Waals surface area contributed by atoms with Gasteiger partial charge in [-0.15, -0.1) is 0 Å². The van der Waals surface area contributed by atoms with Gasteiger partial charge in [-0.1, -0.05) is 6.07 Å². The van der Waals surface area contributed by atoms with E-state index in [-0.39, 0.29) is 0 Å². The van der Waals surface area contributed by atoms with Crippen molar-refractivity contribution in [3.63, 3.8) is 0 Å². The number of nitrogens with one attached hydrogen (secondary N) is 2. The van der Waals surface area contributed by atoms with Gasteiger partial charge >= 0.3 is 0 Å². The number of nitrogens with zero attached hydrogens (tertiary/aromatic N) is 2. The summed E-state index contributed by atoms with van der Waals surface area (Å²) in [4.78, 5) is 8.97. The third-order valence-electron chi connectivity index (χ3n) is 4.55. The van der Waals surface area contributed by atoms with E-state index < -0.39 is 0 Å². The topological polar surface area (TPSA) is 77.5 Å². The van der Waals surface area contributed by atoms with Crippen molar-refractivity contribution in [2.24, 2.45) is 0 Å². The molecule has 0 aliphatic heterocycles. The van der Waals surface area contributed by atoms with Gasteiger partial charge in [0.15, 0.2) is 11.5 Å². The molecule has 2 aromatic carbocycles. The Kier molecular flexibility index (Phi) is 6.07. The average Bonchev–Trinajstić information content (AvgIpc) is 2.69. The molecule has 0 fully saturated rings. The van der Waals surface area contributed by atoms with E-state index in [1.807, 2.05) is 31.2 Å². The average molecular weight is 394 g/mol. The molecule has 0 aliphatic carbocycles. The molecule has 7 nitrogen and oxygen atoms in total. The Morgan fingerprint density at radius 2 is 1.24 bits per heavy atom. The Morgan fingerprint density at radius 3 is 1.76 bits per heavy atom. The van der Waals surface area contributed by atoms with Crippen LogP contribution in [0.2, 0.25) is 0 Å². The highest BCUT2D eigenvalue weighted by molar-refractivity contribution is 5.68. The molecule has 2 N–H and O–H groups in total. The molecule has 0 atom stereocenters. The second-order valence-electron chi connectivity index (χ2n) is 6.65. The second kappa shape index (κ2) is 8.68. The molecule has 3 rings (SSSR count). The molecular formula is C22H26N4O3. The number of hydrogen-bond donors (Lipinski definition) is 2. The van der Waals surface area contributed by atoms with Gasteiger partial charge in [-0.2, -0.15) is 0 Å². The highest BCUT2D eigenvalue weighted by atomic mass is 16.5. The van der Waals surface area contributed by atoms with E-state index in [4.69, 9.17) is 14.2 Å². The number of aryl methyl sites for hydroxylation is 3. The van der Waals surface area contributed by atoms with Crippen molar-refractivity contribution in [3.8, 4) is 17.2 Å². The van der Waals surface area contributed by atoms with Crippen molar-refractivity contribution in [2.45, 2.75) is 20.8 Å². The van der Waals surface area contributed by atoms with Gasteiger partial charge < -0.3 is 24.8 Å². The maximum atomic E-state index is 5.41. The number of benzene rings is 2. The molecular weight excluding hydrogens is 368 g/mol. The molecule has 1 heterocycles. The van der Waals surface area contributed by atoms with Crippen LogP contribution in [0.1, 0.15) is 17.0 Å². The predicted octanol–water partition coefficient (Wildman–Crippen LogP) is 4.91. The van der Waals surface area contributed by atoms with Crippen molar-refractivity contribution < 1.29 is 14.2 Å². The third kappa shape index (κ3) is 4.68. The summed E-state index contributed by atoms with van der Waals surface area (Å²) in [6.07, 6.45) is 0. The Hall–Kier alpha value is -3.48. The first-order chi connectivity index (χ1) is 13.9. The minimum atomic E-state index is 0.538. The summed E-state index contributed by atoms with van der Waals surface area (Å²) in [5, 5.41) is 6.63. The molecule has 0 saturated carbocycles. The fraction of sp³-hybridized carbons (Fsp3) is 0.273. The Morgan fingerprint density at radius 1 is 0.655 bits per heavy atom. The lowest BCUT2D eigenvalue weighted by molar-refractivity contribution is 0.324. The van der Waals surface area contributed by atoms with Crippen molar-refractivity contribution >= 4 is 23.0 Å².